The Balaban J connectivity index is 1.60. The Morgan fingerprint density at radius 3 is 2.15 bits per heavy atom. The molecule has 0 amide bonds. The number of aryl methyl sites for hydroxylation is 1. The molecule has 2 N–H and O–H groups in total. The van der Waals surface area contributed by atoms with Crippen LogP contribution in [0.1, 0.15) is 30.4 Å². The van der Waals surface area contributed by atoms with Crippen molar-refractivity contribution in [3.05, 3.63) is 105 Å². The highest BCUT2D eigenvalue weighted by atomic mass is 32.2. The second kappa shape index (κ2) is 9.46. The average Bonchev–Trinajstić information content (AvgIpc) is 3.33. The number of hydrogen-bond acceptors (Lipinski definition) is 5. The molecule has 0 radical (unpaired) electrons. The second-order valence-electron chi connectivity index (χ2n) is 8.24. The predicted octanol–water partition coefficient (Wildman–Crippen LogP) is 1.66. The molecule has 1 atom stereocenters. The van der Waals surface area contributed by atoms with Gasteiger partial charge in [-0.25, -0.2) is 13.2 Å². The molecule has 2 heterocycles. The van der Waals surface area contributed by atoms with E-state index in [0.29, 0.717) is 30.5 Å². The molecule has 0 aliphatic carbocycles. The summed E-state index contributed by atoms with van der Waals surface area (Å²) in [7, 11) is -3.71. The van der Waals surface area contributed by atoms with Crippen LogP contribution in [-0.4, -0.2) is 45.7 Å². The van der Waals surface area contributed by atoms with E-state index in [9.17, 15) is 23.1 Å². The van der Waals surface area contributed by atoms with Crippen LogP contribution < -0.4 is 11.2 Å². The number of nitrogens with zero attached hydrogens (tertiary/aromatic N) is 2. The number of rotatable bonds is 8. The summed E-state index contributed by atoms with van der Waals surface area (Å²) >= 11 is 0. The number of hydrogen-bond donors (Lipinski definition) is 2. The number of aromatic amines is 1. The van der Waals surface area contributed by atoms with Gasteiger partial charge < -0.3 is 9.67 Å². The van der Waals surface area contributed by atoms with Crippen LogP contribution in [-0.2, 0) is 22.2 Å². The van der Waals surface area contributed by atoms with Gasteiger partial charge in [0.25, 0.3) is 5.56 Å². The molecule has 1 aliphatic heterocycles. The number of benzene rings is 2. The molecule has 8 nitrogen and oxygen atoms in total. The van der Waals surface area contributed by atoms with Crippen LogP contribution in [0.5, 0.6) is 0 Å². The fourth-order valence-electron chi connectivity index (χ4n) is 4.58. The summed E-state index contributed by atoms with van der Waals surface area (Å²) in [5.41, 5.74) is -1.28. The van der Waals surface area contributed by atoms with E-state index < -0.39 is 32.9 Å². The quantitative estimate of drug-likeness (QED) is 0.521. The van der Waals surface area contributed by atoms with Gasteiger partial charge in [-0.05, 0) is 30.4 Å². The van der Waals surface area contributed by atoms with Crippen molar-refractivity contribution in [3.63, 3.8) is 0 Å². The van der Waals surface area contributed by atoms with Gasteiger partial charge in [-0.2, -0.15) is 4.31 Å². The molecule has 0 bridgehead atoms. The van der Waals surface area contributed by atoms with Gasteiger partial charge in [0.15, 0.2) is 0 Å². The van der Waals surface area contributed by atoms with Crippen LogP contribution in [0, 0.1) is 0 Å². The van der Waals surface area contributed by atoms with Crippen molar-refractivity contribution in [1.29, 1.82) is 0 Å². The number of H-pyrrole nitrogens is 1. The summed E-state index contributed by atoms with van der Waals surface area (Å²) in [6.07, 6.45) is 2.73. The highest BCUT2D eigenvalue weighted by molar-refractivity contribution is 7.89. The molecule has 33 heavy (non-hydrogen) atoms. The van der Waals surface area contributed by atoms with E-state index in [0.717, 1.165) is 0 Å². The van der Waals surface area contributed by atoms with E-state index in [1.165, 1.54) is 21.1 Å². The van der Waals surface area contributed by atoms with Gasteiger partial charge in [-0.3, -0.25) is 9.78 Å². The lowest BCUT2D eigenvalue weighted by Crippen LogP contribution is -2.51. The summed E-state index contributed by atoms with van der Waals surface area (Å²) in [6, 6.07) is 18.9. The standard InChI is InChI=1S/C24H27N3O5S/c28-22-14-17-26(23(29)25-22)15-8-18-33(31,32)27-16-7-13-21(27)24(30,19-9-3-1-4-10-19)20-11-5-2-6-12-20/h1-6,9-12,14,17,21,30H,7-8,13,15-16,18H2,(H,25,28,29)/t21-/m0/s1. The van der Waals surface area contributed by atoms with Crippen LogP contribution in [0.15, 0.2) is 82.5 Å². The van der Waals surface area contributed by atoms with Crippen molar-refractivity contribution in [2.75, 3.05) is 12.3 Å². The van der Waals surface area contributed by atoms with Gasteiger partial charge in [0, 0.05) is 25.4 Å². The molecule has 4 rings (SSSR count). The molecule has 0 spiro atoms. The van der Waals surface area contributed by atoms with Crippen LogP contribution in [0.2, 0.25) is 0 Å². The highest BCUT2D eigenvalue weighted by Gasteiger charge is 2.49. The lowest BCUT2D eigenvalue weighted by Gasteiger charge is -2.39. The zero-order valence-electron chi connectivity index (χ0n) is 18.1. The molecule has 0 unspecified atom stereocenters. The zero-order valence-corrected chi connectivity index (χ0v) is 18.9. The van der Waals surface area contributed by atoms with Crippen LogP contribution in [0.3, 0.4) is 0 Å². The minimum atomic E-state index is -3.71. The lowest BCUT2D eigenvalue weighted by atomic mass is 9.79. The predicted molar refractivity (Wildman–Crippen MR) is 125 cm³/mol. The Hall–Kier alpha value is -3.01. The normalized spacial score (nSPS) is 17.3. The maximum Gasteiger partial charge on any atom is 0.328 e. The van der Waals surface area contributed by atoms with Gasteiger partial charge in [0.05, 0.1) is 11.8 Å². The van der Waals surface area contributed by atoms with Crippen molar-refractivity contribution in [2.24, 2.45) is 0 Å². The highest BCUT2D eigenvalue weighted by Crippen LogP contribution is 2.41. The summed E-state index contributed by atoms with van der Waals surface area (Å²) in [6.45, 7) is 0.489. The van der Waals surface area contributed by atoms with Gasteiger partial charge in [-0.15, -0.1) is 0 Å². The van der Waals surface area contributed by atoms with Crippen molar-refractivity contribution in [1.82, 2.24) is 13.9 Å². The van der Waals surface area contributed by atoms with Gasteiger partial charge in [0.2, 0.25) is 10.0 Å². The smallest absolute Gasteiger partial charge is 0.328 e. The molecular weight excluding hydrogens is 442 g/mol. The van der Waals surface area contributed by atoms with Crippen molar-refractivity contribution in [2.45, 2.75) is 37.5 Å². The summed E-state index contributed by atoms with van der Waals surface area (Å²) in [5, 5.41) is 12.1. The first-order chi connectivity index (χ1) is 15.8. The molecule has 1 aromatic heterocycles. The van der Waals surface area contributed by atoms with Crippen molar-refractivity contribution < 1.29 is 13.5 Å². The molecular formula is C24H27N3O5S. The number of nitrogens with one attached hydrogen (secondary N) is 1. The van der Waals surface area contributed by atoms with E-state index in [1.807, 2.05) is 60.7 Å². The first kappa shape index (κ1) is 23.2. The largest absolute Gasteiger partial charge is 0.379 e. The molecule has 1 aliphatic rings. The topological polar surface area (TPSA) is 112 Å². The maximum absolute atomic E-state index is 13.4. The minimum Gasteiger partial charge on any atom is -0.379 e. The molecule has 1 saturated heterocycles. The second-order valence-corrected chi connectivity index (χ2v) is 10.3. The average molecular weight is 470 g/mol. The lowest BCUT2D eigenvalue weighted by molar-refractivity contribution is 0.0204. The van der Waals surface area contributed by atoms with E-state index in [2.05, 4.69) is 4.98 Å². The molecule has 3 aromatic rings. The van der Waals surface area contributed by atoms with Gasteiger partial charge in [0.1, 0.15) is 5.60 Å². The minimum absolute atomic E-state index is 0.162. The van der Waals surface area contributed by atoms with Crippen LogP contribution in [0.4, 0.5) is 0 Å². The van der Waals surface area contributed by atoms with Crippen LogP contribution in [0.25, 0.3) is 0 Å². The third-order valence-corrected chi connectivity index (χ3v) is 8.13. The van der Waals surface area contributed by atoms with E-state index in [1.54, 1.807) is 0 Å². The Morgan fingerprint density at radius 2 is 1.58 bits per heavy atom. The number of sulfonamides is 1. The third kappa shape index (κ3) is 4.71. The first-order valence-electron chi connectivity index (χ1n) is 10.9. The Labute approximate surface area is 192 Å². The third-order valence-electron chi connectivity index (χ3n) is 6.17. The van der Waals surface area contributed by atoms with E-state index >= 15 is 0 Å². The molecule has 9 heteroatoms. The van der Waals surface area contributed by atoms with E-state index in [4.69, 9.17) is 0 Å². The Morgan fingerprint density at radius 1 is 0.970 bits per heavy atom. The fraction of sp³-hybridized carbons (Fsp3) is 0.333. The summed E-state index contributed by atoms with van der Waals surface area (Å²) in [4.78, 5) is 25.2. The maximum atomic E-state index is 13.4. The Kier molecular flexibility index (Phi) is 6.64. The van der Waals surface area contributed by atoms with Crippen molar-refractivity contribution in [3.8, 4) is 0 Å². The van der Waals surface area contributed by atoms with Gasteiger partial charge >= 0.3 is 5.69 Å². The summed E-state index contributed by atoms with van der Waals surface area (Å²) in [5.74, 6) is -0.172. The van der Waals surface area contributed by atoms with E-state index in [-0.39, 0.29) is 18.7 Å². The van der Waals surface area contributed by atoms with Crippen molar-refractivity contribution >= 4 is 10.0 Å². The SMILES string of the molecule is O=c1ccn(CCCS(=O)(=O)N2CCC[C@H]2C(O)(c2ccccc2)c2ccccc2)c(=O)[nH]1. The number of aliphatic hydroxyl groups is 1. The molecule has 0 saturated carbocycles. The first-order valence-corrected chi connectivity index (χ1v) is 12.6. The van der Waals surface area contributed by atoms with Crippen LogP contribution >= 0.6 is 0 Å². The molecule has 174 valence electrons. The monoisotopic (exact) mass is 469 g/mol. The Bertz CT molecular complexity index is 1260. The fourth-order valence-corrected chi connectivity index (χ4v) is 6.36. The molecule has 1 fully saturated rings. The number of aromatic nitrogens is 2. The summed E-state index contributed by atoms with van der Waals surface area (Å²) < 4.78 is 29.4. The molecule has 2 aromatic carbocycles. The van der Waals surface area contributed by atoms with Gasteiger partial charge in [-0.1, -0.05) is 60.7 Å². The zero-order chi connectivity index (χ0) is 23.5.